The molecule has 0 amide bonds. The highest BCUT2D eigenvalue weighted by atomic mass is 31.2. The number of rotatable bonds is 25. The maximum atomic E-state index is 12.2. The SMILES string of the molecule is CCCCCC=CCCCCC=CCCCCCOC[C@H](COC)OP(=O)(O)OCC[N+](C)(C)C. The summed E-state index contributed by atoms with van der Waals surface area (Å²) in [7, 11) is 3.35. The average Bonchev–Trinajstić information content (AvgIpc) is 2.77. The highest BCUT2D eigenvalue weighted by molar-refractivity contribution is 7.47. The summed E-state index contributed by atoms with van der Waals surface area (Å²) >= 11 is 0. The molecule has 0 fully saturated rings. The lowest BCUT2D eigenvalue weighted by atomic mass is 10.1. The van der Waals surface area contributed by atoms with E-state index in [0.717, 1.165) is 25.7 Å². The van der Waals surface area contributed by atoms with Crippen molar-refractivity contribution in [3.8, 4) is 0 Å². The van der Waals surface area contributed by atoms with Gasteiger partial charge in [0.05, 0.1) is 34.4 Å². The smallest absolute Gasteiger partial charge is 0.382 e. The standard InChI is InChI=1S/C27H54NO6P/c1-6-7-8-9-10-11-12-13-14-15-16-17-18-19-20-21-23-32-26-27(25-31-5)34-35(29,30)33-24-22-28(2,3)4/h10-11,16-17,27H,6-9,12-15,18-26H2,1-5H3/p+1/t27-/m0/s1. The van der Waals surface area contributed by atoms with Crippen LogP contribution in [0.25, 0.3) is 0 Å². The summed E-state index contributed by atoms with van der Waals surface area (Å²) in [6.07, 6.45) is 23.0. The molecule has 7 nitrogen and oxygen atoms in total. The highest BCUT2D eigenvalue weighted by Crippen LogP contribution is 2.44. The molecule has 0 rings (SSSR count). The van der Waals surface area contributed by atoms with Crippen molar-refractivity contribution < 1.29 is 32.5 Å². The second-order valence-corrected chi connectivity index (χ2v) is 11.6. The Kier molecular flexibility index (Phi) is 22.3. The van der Waals surface area contributed by atoms with Gasteiger partial charge in [0.2, 0.25) is 0 Å². The van der Waals surface area contributed by atoms with E-state index in [4.69, 9.17) is 18.5 Å². The predicted octanol–water partition coefficient (Wildman–Crippen LogP) is 6.67. The maximum absolute atomic E-state index is 12.2. The fraction of sp³-hybridized carbons (Fsp3) is 0.852. The van der Waals surface area contributed by atoms with E-state index in [0.29, 0.717) is 17.6 Å². The number of methoxy groups -OCH3 is 1. The third-order valence-electron chi connectivity index (χ3n) is 5.41. The molecule has 1 unspecified atom stereocenters. The van der Waals surface area contributed by atoms with Gasteiger partial charge in [-0.3, -0.25) is 9.05 Å². The summed E-state index contributed by atoms with van der Waals surface area (Å²) < 4.78 is 33.9. The lowest BCUT2D eigenvalue weighted by Crippen LogP contribution is -2.37. The molecule has 0 aromatic rings. The zero-order chi connectivity index (χ0) is 26.3. The van der Waals surface area contributed by atoms with E-state index in [1.165, 1.54) is 58.5 Å². The number of nitrogens with zero attached hydrogens (tertiary/aromatic N) is 1. The quantitative estimate of drug-likeness (QED) is 0.0627. The van der Waals surface area contributed by atoms with Crippen molar-refractivity contribution in [2.24, 2.45) is 0 Å². The minimum Gasteiger partial charge on any atom is -0.382 e. The van der Waals surface area contributed by atoms with E-state index in [1.807, 2.05) is 21.1 Å². The Balaban J connectivity index is 3.73. The lowest BCUT2D eigenvalue weighted by Gasteiger charge is -2.25. The second kappa shape index (κ2) is 22.7. The molecule has 0 spiro atoms. The fourth-order valence-corrected chi connectivity index (χ4v) is 4.18. The van der Waals surface area contributed by atoms with Crippen LogP contribution in [0.4, 0.5) is 0 Å². The Morgan fingerprint density at radius 1 is 0.800 bits per heavy atom. The van der Waals surface area contributed by atoms with Gasteiger partial charge >= 0.3 is 7.82 Å². The normalized spacial score (nSPS) is 15.3. The summed E-state index contributed by atoms with van der Waals surface area (Å²) in [5.74, 6) is 0. The van der Waals surface area contributed by atoms with E-state index >= 15 is 0 Å². The van der Waals surface area contributed by atoms with Gasteiger partial charge < -0.3 is 18.9 Å². The zero-order valence-electron chi connectivity index (χ0n) is 23.3. The summed E-state index contributed by atoms with van der Waals surface area (Å²) in [5.41, 5.74) is 0. The number of hydrogen-bond acceptors (Lipinski definition) is 5. The van der Waals surface area contributed by atoms with E-state index in [9.17, 15) is 9.46 Å². The number of quaternary nitrogens is 1. The van der Waals surface area contributed by atoms with Crippen LogP contribution < -0.4 is 0 Å². The van der Waals surface area contributed by atoms with Gasteiger partial charge in [0.25, 0.3) is 0 Å². The summed E-state index contributed by atoms with van der Waals surface area (Å²) in [4.78, 5) is 9.94. The van der Waals surface area contributed by atoms with Crippen molar-refractivity contribution in [1.82, 2.24) is 0 Å². The van der Waals surface area contributed by atoms with Gasteiger partial charge in [-0.05, 0) is 57.8 Å². The van der Waals surface area contributed by atoms with Crippen LogP contribution in [0, 0.1) is 0 Å². The van der Waals surface area contributed by atoms with Crippen LogP contribution in [0.2, 0.25) is 0 Å². The Morgan fingerprint density at radius 3 is 1.86 bits per heavy atom. The monoisotopic (exact) mass is 520 g/mol. The molecule has 0 bridgehead atoms. The number of phosphoric ester groups is 1. The van der Waals surface area contributed by atoms with Crippen LogP contribution in [0.5, 0.6) is 0 Å². The van der Waals surface area contributed by atoms with E-state index in [-0.39, 0.29) is 19.8 Å². The highest BCUT2D eigenvalue weighted by Gasteiger charge is 2.27. The molecule has 0 radical (unpaired) electrons. The van der Waals surface area contributed by atoms with Gasteiger partial charge in [0, 0.05) is 13.7 Å². The fourth-order valence-electron chi connectivity index (χ4n) is 3.31. The van der Waals surface area contributed by atoms with Crippen LogP contribution in [0.3, 0.4) is 0 Å². The molecule has 0 aromatic carbocycles. The molecular formula is C27H55NO6P+. The van der Waals surface area contributed by atoms with E-state index in [1.54, 1.807) is 0 Å². The topological polar surface area (TPSA) is 74.2 Å². The summed E-state index contributed by atoms with van der Waals surface area (Å²) in [6, 6.07) is 0. The number of unbranched alkanes of at least 4 members (excludes halogenated alkanes) is 9. The van der Waals surface area contributed by atoms with Crippen molar-refractivity contribution in [1.29, 1.82) is 0 Å². The number of hydrogen-bond donors (Lipinski definition) is 1. The largest absolute Gasteiger partial charge is 0.472 e. The second-order valence-electron chi connectivity index (χ2n) is 10.1. The van der Waals surface area contributed by atoms with Crippen molar-refractivity contribution in [3.05, 3.63) is 24.3 Å². The predicted molar refractivity (Wildman–Crippen MR) is 146 cm³/mol. The maximum Gasteiger partial charge on any atom is 0.472 e. The van der Waals surface area contributed by atoms with Gasteiger partial charge in [-0.15, -0.1) is 0 Å². The number of ether oxygens (including phenoxy) is 2. The molecule has 0 aromatic heterocycles. The first-order valence-electron chi connectivity index (χ1n) is 13.5. The van der Waals surface area contributed by atoms with Crippen molar-refractivity contribution in [2.45, 2.75) is 90.1 Å². The number of likely N-dealkylation sites (N-methyl/N-ethyl adjacent to an activating group) is 1. The van der Waals surface area contributed by atoms with Crippen LogP contribution >= 0.6 is 7.82 Å². The first-order valence-corrected chi connectivity index (χ1v) is 15.0. The average molecular weight is 521 g/mol. The molecule has 0 heterocycles. The zero-order valence-corrected chi connectivity index (χ0v) is 24.2. The number of phosphoric acid groups is 1. The molecule has 0 saturated heterocycles. The first kappa shape index (κ1) is 34.5. The van der Waals surface area contributed by atoms with Crippen LogP contribution in [0.15, 0.2) is 24.3 Å². The molecule has 0 aliphatic heterocycles. The minimum absolute atomic E-state index is 0.142. The Hall–Kier alpha value is -0.530. The van der Waals surface area contributed by atoms with Crippen LogP contribution in [0.1, 0.15) is 84.0 Å². The first-order chi connectivity index (χ1) is 16.7. The molecule has 0 aliphatic carbocycles. The van der Waals surface area contributed by atoms with Gasteiger partial charge in [-0.1, -0.05) is 50.5 Å². The lowest BCUT2D eigenvalue weighted by molar-refractivity contribution is -0.870. The van der Waals surface area contributed by atoms with Crippen LogP contribution in [-0.4, -0.2) is 76.7 Å². The van der Waals surface area contributed by atoms with Crippen molar-refractivity contribution in [3.63, 3.8) is 0 Å². The molecular weight excluding hydrogens is 465 g/mol. The van der Waals surface area contributed by atoms with Gasteiger partial charge in [-0.25, -0.2) is 4.57 Å². The van der Waals surface area contributed by atoms with Crippen molar-refractivity contribution in [2.75, 3.05) is 61.2 Å². The molecule has 208 valence electrons. The third-order valence-corrected chi connectivity index (χ3v) is 6.49. The molecule has 2 atom stereocenters. The third kappa shape index (κ3) is 26.3. The van der Waals surface area contributed by atoms with E-state index in [2.05, 4.69) is 31.2 Å². The van der Waals surface area contributed by atoms with Crippen molar-refractivity contribution >= 4 is 7.82 Å². The molecule has 8 heteroatoms. The summed E-state index contributed by atoms with van der Waals surface area (Å²) in [6.45, 7) is 3.95. The molecule has 0 saturated carbocycles. The molecule has 1 N–H and O–H groups in total. The van der Waals surface area contributed by atoms with Gasteiger partial charge in [-0.2, -0.15) is 0 Å². The van der Waals surface area contributed by atoms with E-state index < -0.39 is 13.9 Å². The minimum atomic E-state index is -4.14. The Bertz CT molecular complexity index is 577. The Morgan fingerprint density at radius 2 is 1.34 bits per heavy atom. The summed E-state index contributed by atoms with van der Waals surface area (Å²) in [5, 5.41) is 0. The van der Waals surface area contributed by atoms with Gasteiger partial charge in [0.15, 0.2) is 0 Å². The van der Waals surface area contributed by atoms with Crippen LogP contribution in [-0.2, 0) is 23.1 Å². The Labute approximate surface area is 216 Å². The number of allylic oxidation sites excluding steroid dienone is 4. The van der Waals surface area contributed by atoms with Gasteiger partial charge in [0.1, 0.15) is 19.3 Å². The molecule has 35 heavy (non-hydrogen) atoms. The molecule has 0 aliphatic rings.